The monoisotopic (exact) mass is 415 g/mol. The summed E-state index contributed by atoms with van der Waals surface area (Å²) in [5, 5.41) is 21.9. The van der Waals surface area contributed by atoms with Crippen LogP contribution < -0.4 is 5.32 Å². The Morgan fingerprint density at radius 2 is 1.62 bits per heavy atom. The second-order valence-electron chi connectivity index (χ2n) is 5.21. The van der Waals surface area contributed by atoms with E-state index in [-0.39, 0.29) is 21.2 Å². The van der Waals surface area contributed by atoms with E-state index < -0.39 is 8.80 Å². The Labute approximate surface area is 165 Å². The molecule has 0 fully saturated rings. The maximum atomic E-state index is 9.34. The molecule has 0 aliphatic carbocycles. The number of nitrogens with zero attached hydrogens (tertiary/aromatic N) is 2. The minimum absolute atomic E-state index is 0.101. The summed E-state index contributed by atoms with van der Waals surface area (Å²) in [6, 6.07) is 6.02. The lowest BCUT2D eigenvalue weighted by Gasteiger charge is -2.28. The molecule has 0 saturated heterocycles. The molecule has 0 bridgehead atoms. The standard InChI is InChI=1S/C17H23Cl2N3O3Si/c1-4-23-26(24-5-2,25-6-3)9-7-8-22-17-14(12-21)16(19)13(11-20)10-15(17)18/h10,22H,4-9H2,1-3H3. The lowest BCUT2D eigenvalue weighted by Crippen LogP contribution is -2.46. The molecular weight excluding hydrogens is 393 g/mol. The van der Waals surface area contributed by atoms with Gasteiger partial charge in [-0.3, -0.25) is 0 Å². The van der Waals surface area contributed by atoms with Crippen LogP contribution in [0.15, 0.2) is 6.07 Å². The molecule has 6 nitrogen and oxygen atoms in total. The van der Waals surface area contributed by atoms with E-state index in [0.717, 1.165) is 0 Å². The minimum atomic E-state index is -2.70. The number of anilines is 1. The number of hydrogen-bond donors (Lipinski definition) is 1. The van der Waals surface area contributed by atoms with E-state index in [1.807, 2.05) is 32.9 Å². The summed E-state index contributed by atoms with van der Waals surface area (Å²) >= 11 is 12.3. The zero-order chi connectivity index (χ0) is 19.6. The average Bonchev–Trinajstić information content (AvgIpc) is 2.61. The molecule has 9 heteroatoms. The number of hydrogen-bond acceptors (Lipinski definition) is 6. The molecule has 26 heavy (non-hydrogen) atoms. The Hall–Kier alpha value is -1.32. The molecule has 0 atom stereocenters. The average molecular weight is 416 g/mol. The Morgan fingerprint density at radius 3 is 2.08 bits per heavy atom. The summed E-state index contributed by atoms with van der Waals surface area (Å²) in [5.74, 6) is 0. The summed E-state index contributed by atoms with van der Waals surface area (Å²) in [5.41, 5.74) is 0.766. The molecule has 1 N–H and O–H groups in total. The highest BCUT2D eigenvalue weighted by molar-refractivity contribution is 6.60. The van der Waals surface area contributed by atoms with E-state index in [9.17, 15) is 5.26 Å². The van der Waals surface area contributed by atoms with Gasteiger partial charge >= 0.3 is 8.80 Å². The summed E-state index contributed by atoms with van der Waals surface area (Å²) in [4.78, 5) is 0. The molecule has 0 heterocycles. The quantitative estimate of drug-likeness (QED) is 0.420. The molecule has 0 radical (unpaired) electrons. The molecule has 0 aromatic heterocycles. The molecular formula is C17H23Cl2N3O3Si. The van der Waals surface area contributed by atoms with E-state index in [1.165, 1.54) is 6.07 Å². The minimum Gasteiger partial charge on any atom is -0.383 e. The van der Waals surface area contributed by atoms with E-state index in [0.29, 0.717) is 44.5 Å². The molecule has 1 aromatic carbocycles. The Morgan fingerprint density at radius 1 is 1.04 bits per heavy atom. The van der Waals surface area contributed by atoms with Gasteiger partial charge in [0.05, 0.1) is 26.9 Å². The van der Waals surface area contributed by atoms with Crippen LogP contribution in [0.3, 0.4) is 0 Å². The van der Waals surface area contributed by atoms with Gasteiger partial charge in [-0.25, -0.2) is 0 Å². The van der Waals surface area contributed by atoms with Crippen molar-refractivity contribution in [3.05, 3.63) is 27.2 Å². The van der Waals surface area contributed by atoms with Gasteiger partial charge in [-0.05, 0) is 33.3 Å². The fourth-order valence-corrected chi connectivity index (χ4v) is 5.62. The summed E-state index contributed by atoms with van der Waals surface area (Å²) in [6.07, 6.45) is 0.699. The normalized spacial score (nSPS) is 11.0. The SMILES string of the molecule is CCO[Si](CCCNc1c(Cl)cc(C#N)c(Cl)c1C#N)(OCC)OCC. The molecule has 0 amide bonds. The summed E-state index contributed by atoms with van der Waals surface area (Å²) in [6.45, 7) is 7.83. The van der Waals surface area contributed by atoms with Crippen LogP contribution >= 0.6 is 23.2 Å². The van der Waals surface area contributed by atoms with Crippen molar-refractivity contribution in [3.8, 4) is 12.1 Å². The van der Waals surface area contributed by atoms with Crippen LogP contribution in [-0.2, 0) is 13.3 Å². The van der Waals surface area contributed by atoms with Gasteiger partial charge in [-0.2, -0.15) is 10.5 Å². The third-order valence-electron chi connectivity index (χ3n) is 3.50. The second-order valence-corrected chi connectivity index (χ2v) is 8.72. The van der Waals surface area contributed by atoms with Crippen LogP contribution in [0, 0.1) is 22.7 Å². The van der Waals surface area contributed by atoms with Crippen molar-refractivity contribution in [2.45, 2.75) is 33.2 Å². The number of nitrogens with one attached hydrogen (secondary N) is 1. The van der Waals surface area contributed by atoms with Gasteiger partial charge in [0, 0.05) is 32.4 Å². The van der Waals surface area contributed by atoms with Gasteiger partial charge in [0.1, 0.15) is 12.1 Å². The van der Waals surface area contributed by atoms with E-state index in [2.05, 4.69) is 5.32 Å². The maximum Gasteiger partial charge on any atom is 0.500 e. The number of nitriles is 2. The first-order valence-corrected chi connectivity index (χ1v) is 11.1. The lowest BCUT2D eigenvalue weighted by molar-refractivity contribution is 0.0710. The molecule has 1 aromatic rings. The molecule has 0 unspecified atom stereocenters. The highest BCUT2D eigenvalue weighted by Crippen LogP contribution is 2.34. The van der Waals surface area contributed by atoms with Crippen LogP contribution in [0.5, 0.6) is 0 Å². The third-order valence-corrected chi connectivity index (χ3v) is 7.34. The van der Waals surface area contributed by atoms with Crippen molar-refractivity contribution in [3.63, 3.8) is 0 Å². The van der Waals surface area contributed by atoms with E-state index in [1.54, 1.807) is 0 Å². The molecule has 0 saturated carbocycles. The zero-order valence-electron chi connectivity index (χ0n) is 15.2. The van der Waals surface area contributed by atoms with Crippen molar-refractivity contribution in [2.75, 3.05) is 31.7 Å². The van der Waals surface area contributed by atoms with Gasteiger partial charge in [0.15, 0.2) is 0 Å². The maximum absolute atomic E-state index is 9.34. The fourth-order valence-electron chi connectivity index (χ4n) is 2.50. The predicted octanol–water partition coefficient (Wildman–Crippen LogP) is 4.59. The predicted molar refractivity (Wildman–Crippen MR) is 104 cm³/mol. The summed E-state index contributed by atoms with van der Waals surface area (Å²) in [7, 11) is -2.70. The van der Waals surface area contributed by atoms with Crippen LogP contribution in [0.25, 0.3) is 0 Å². The van der Waals surface area contributed by atoms with Crippen molar-refractivity contribution in [1.82, 2.24) is 0 Å². The fraction of sp³-hybridized carbons (Fsp3) is 0.529. The number of benzene rings is 1. The number of halogens is 2. The van der Waals surface area contributed by atoms with Crippen molar-refractivity contribution in [2.24, 2.45) is 0 Å². The smallest absolute Gasteiger partial charge is 0.383 e. The Balaban J connectivity index is 2.83. The van der Waals surface area contributed by atoms with Crippen LogP contribution in [0.1, 0.15) is 38.3 Å². The Kier molecular flexibility index (Phi) is 9.96. The van der Waals surface area contributed by atoms with E-state index in [4.69, 9.17) is 41.7 Å². The molecule has 0 aliphatic heterocycles. The van der Waals surface area contributed by atoms with Crippen LogP contribution in [-0.4, -0.2) is 35.2 Å². The van der Waals surface area contributed by atoms with Crippen LogP contribution in [0.4, 0.5) is 5.69 Å². The van der Waals surface area contributed by atoms with Gasteiger partial charge < -0.3 is 18.6 Å². The van der Waals surface area contributed by atoms with Crippen LogP contribution in [0.2, 0.25) is 16.1 Å². The highest BCUT2D eigenvalue weighted by Gasteiger charge is 2.39. The first kappa shape index (κ1) is 22.7. The molecule has 0 aliphatic rings. The summed E-state index contributed by atoms with van der Waals surface area (Å²) < 4.78 is 17.4. The largest absolute Gasteiger partial charge is 0.500 e. The highest BCUT2D eigenvalue weighted by atomic mass is 35.5. The Bertz CT molecular complexity index is 672. The first-order valence-electron chi connectivity index (χ1n) is 8.46. The van der Waals surface area contributed by atoms with Gasteiger partial charge in [-0.15, -0.1) is 0 Å². The second kappa shape index (κ2) is 11.4. The lowest BCUT2D eigenvalue weighted by atomic mass is 10.1. The topological polar surface area (TPSA) is 87.3 Å². The molecule has 142 valence electrons. The molecule has 0 spiro atoms. The van der Waals surface area contributed by atoms with Gasteiger partial charge in [-0.1, -0.05) is 23.2 Å². The zero-order valence-corrected chi connectivity index (χ0v) is 17.7. The van der Waals surface area contributed by atoms with Crippen molar-refractivity contribution in [1.29, 1.82) is 10.5 Å². The number of rotatable bonds is 11. The third kappa shape index (κ3) is 5.85. The first-order chi connectivity index (χ1) is 12.5. The van der Waals surface area contributed by atoms with Crippen molar-refractivity contribution >= 4 is 37.7 Å². The van der Waals surface area contributed by atoms with E-state index >= 15 is 0 Å². The van der Waals surface area contributed by atoms with Gasteiger partial charge in [0.25, 0.3) is 0 Å². The van der Waals surface area contributed by atoms with Crippen molar-refractivity contribution < 1.29 is 13.3 Å². The van der Waals surface area contributed by atoms with Gasteiger partial charge in [0.2, 0.25) is 0 Å². The molecule has 1 rings (SSSR count).